The summed E-state index contributed by atoms with van der Waals surface area (Å²) in [6.45, 7) is 7.76. The van der Waals surface area contributed by atoms with E-state index in [-0.39, 0.29) is 30.3 Å². The summed E-state index contributed by atoms with van der Waals surface area (Å²) in [5, 5.41) is 6.19. The van der Waals surface area contributed by atoms with Gasteiger partial charge in [-0.25, -0.2) is 0 Å². The third kappa shape index (κ3) is 5.21. The Balaban J connectivity index is 0.00000288. The molecule has 24 heavy (non-hydrogen) atoms. The van der Waals surface area contributed by atoms with Gasteiger partial charge in [0.05, 0.1) is 0 Å². The van der Waals surface area contributed by atoms with Crippen molar-refractivity contribution in [2.24, 2.45) is 5.92 Å². The van der Waals surface area contributed by atoms with E-state index in [4.69, 9.17) is 0 Å². The van der Waals surface area contributed by atoms with Gasteiger partial charge in [-0.1, -0.05) is 13.8 Å². The Bertz CT molecular complexity index is 584. The van der Waals surface area contributed by atoms with E-state index in [1.54, 1.807) is 6.07 Å². The third-order valence-corrected chi connectivity index (χ3v) is 4.24. The first-order valence-corrected chi connectivity index (χ1v) is 8.27. The summed E-state index contributed by atoms with van der Waals surface area (Å²) in [5.74, 6) is 0.364. The topological polar surface area (TPSA) is 61.4 Å². The predicted octanol–water partition coefficient (Wildman–Crippen LogP) is 2.84. The van der Waals surface area contributed by atoms with Crippen molar-refractivity contribution in [3.63, 3.8) is 0 Å². The van der Waals surface area contributed by atoms with Gasteiger partial charge in [-0.3, -0.25) is 9.59 Å². The predicted molar refractivity (Wildman–Crippen MR) is 99.9 cm³/mol. The minimum atomic E-state index is 0. The SMILES string of the molecule is Cc1cc(C(=O)N(C)C2CCNC2)ccc1NC(=O)CC(C)C.Cl. The molecule has 5 nitrogen and oxygen atoms in total. The number of hydrogen-bond acceptors (Lipinski definition) is 3. The number of nitrogens with one attached hydrogen (secondary N) is 2. The molecule has 134 valence electrons. The maximum atomic E-state index is 12.6. The summed E-state index contributed by atoms with van der Waals surface area (Å²) >= 11 is 0. The van der Waals surface area contributed by atoms with Gasteiger partial charge >= 0.3 is 0 Å². The number of rotatable bonds is 5. The molecule has 0 aromatic heterocycles. The molecule has 0 spiro atoms. The molecule has 0 bridgehead atoms. The minimum Gasteiger partial charge on any atom is -0.337 e. The van der Waals surface area contributed by atoms with Crippen LogP contribution in [-0.4, -0.2) is 42.9 Å². The molecule has 1 saturated heterocycles. The Kier molecular flexibility index (Phi) is 7.70. The van der Waals surface area contributed by atoms with Crippen molar-refractivity contribution in [3.8, 4) is 0 Å². The average Bonchev–Trinajstić information content (AvgIpc) is 3.01. The van der Waals surface area contributed by atoms with Gasteiger partial charge in [-0.15, -0.1) is 12.4 Å². The van der Waals surface area contributed by atoms with Crippen LogP contribution in [0.4, 0.5) is 5.69 Å². The number of carbonyl (C=O) groups is 2. The van der Waals surface area contributed by atoms with Crippen molar-refractivity contribution in [2.75, 3.05) is 25.5 Å². The van der Waals surface area contributed by atoms with Crippen LogP contribution < -0.4 is 10.6 Å². The molecule has 1 aliphatic rings. The van der Waals surface area contributed by atoms with Gasteiger partial charge in [0, 0.05) is 37.3 Å². The van der Waals surface area contributed by atoms with Crippen LogP contribution in [-0.2, 0) is 4.79 Å². The van der Waals surface area contributed by atoms with Crippen molar-refractivity contribution in [3.05, 3.63) is 29.3 Å². The third-order valence-electron chi connectivity index (χ3n) is 4.24. The van der Waals surface area contributed by atoms with Crippen LogP contribution >= 0.6 is 12.4 Å². The molecule has 2 N–H and O–H groups in total. The van der Waals surface area contributed by atoms with E-state index in [9.17, 15) is 9.59 Å². The molecular formula is C18H28ClN3O2. The molecular weight excluding hydrogens is 326 g/mol. The molecule has 6 heteroatoms. The summed E-state index contributed by atoms with van der Waals surface area (Å²) in [6.07, 6.45) is 1.49. The van der Waals surface area contributed by atoms with Crippen LogP contribution in [0.25, 0.3) is 0 Å². The molecule has 1 atom stereocenters. The Morgan fingerprint density at radius 3 is 2.62 bits per heavy atom. The van der Waals surface area contributed by atoms with Crippen molar-refractivity contribution in [2.45, 2.75) is 39.7 Å². The minimum absolute atomic E-state index is 0. The molecule has 1 heterocycles. The Hall–Kier alpha value is -1.59. The highest BCUT2D eigenvalue weighted by molar-refractivity contribution is 5.96. The van der Waals surface area contributed by atoms with E-state index in [0.717, 1.165) is 30.8 Å². The number of anilines is 1. The first-order chi connectivity index (χ1) is 10.9. The molecule has 1 aliphatic heterocycles. The number of hydrogen-bond donors (Lipinski definition) is 2. The van der Waals surface area contributed by atoms with Gasteiger partial charge < -0.3 is 15.5 Å². The molecule has 2 rings (SSSR count). The second kappa shape index (κ2) is 9.04. The lowest BCUT2D eigenvalue weighted by Crippen LogP contribution is -2.38. The van der Waals surface area contributed by atoms with Gasteiger partial charge in [-0.05, 0) is 49.6 Å². The lowest BCUT2D eigenvalue weighted by molar-refractivity contribution is -0.116. The number of aryl methyl sites for hydroxylation is 1. The maximum absolute atomic E-state index is 12.6. The first kappa shape index (κ1) is 20.5. The standard InChI is InChI=1S/C18H27N3O2.ClH/c1-12(2)9-17(22)20-16-6-5-14(10-13(16)3)18(23)21(4)15-7-8-19-11-15;/h5-6,10,12,15,19H,7-9,11H2,1-4H3,(H,20,22);1H. The molecule has 1 fully saturated rings. The van der Waals surface area contributed by atoms with Crippen LogP contribution in [0.5, 0.6) is 0 Å². The second-order valence-corrected chi connectivity index (χ2v) is 6.74. The zero-order chi connectivity index (χ0) is 17.0. The number of likely N-dealkylation sites (N-methyl/N-ethyl adjacent to an activating group) is 1. The summed E-state index contributed by atoms with van der Waals surface area (Å²) in [7, 11) is 1.85. The first-order valence-electron chi connectivity index (χ1n) is 8.27. The van der Waals surface area contributed by atoms with E-state index in [1.807, 2.05) is 44.9 Å². The van der Waals surface area contributed by atoms with E-state index in [1.165, 1.54) is 0 Å². The number of nitrogens with zero attached hydrogens (tertiary/aromatic N) is 1. The largest absolute Gasteiger partial charge is 0.337 e. The fourth-order valence-electron chi connectivity index (χ4n) is 2.85. The number of benzene rings is 1. The molecule has 2 amide bonds. The number of carbonyl (C=O) groups excluding carboxylic acids is 2. The fraction of sp³-hybridized carbons (Fsp3) is 0.556. The fourth-order valence-corrected chi connectivity index (χ4v) is 2.85. The molecule has 0 saturated carbocycles. The van der Waals surface area contributed by atoms with Crippen LogP contribution in [0.1, 0.15) is 42.6 Å². The van der Waals surface area contributed by atoms with Crippen LogP contribution in [0, 0.1) is 12.8 Å². The smallest absolute Gasteiger partial charge is 0.253 e. The van der Waals surface area contributed by atoms with E-state index in [0.29, 0.717) is 17.9 Å². The quantitative estimate of drug-likeness (QED) is 0.855. The molecule has 1 aromatic rings. The second-order valence-electron chi connectivity index (χ2n) is 6.74. The Labute approximate surface area is 150 Å². The van der Waals surface area contributed by atoms with Crippen LogP contribution in [0.2, 0.25) is 0 Å². The maximum Gasteiger partial charge on any atom is 0.253 e. The number of amides is 2. The van der Waals surface area contributed by atoms with Gasteiger partial charge in [0.1, 0.15) is 0 Å². The normalized spacial score (nSPS) is 16.6. The highest BCUT2D eigenvalue weighted by Crippen LogP contribution is 2.19. The number of halogens is 1. The average molecular weight is 354 g/mol. The summed E-state index contributed by atoms with van der Waals surface area (Å²) in [5.41, 5.74) is 2.35. The van der Waals surface area contributed by atoms with Crippen molar-refractivity contribution < 1.29 is 9.59 Å². The van der Waals surface area contributed by atoms with Crippen molar-refractivity contribution >= 4 is 29.9 Å². The van der Waals surface area contributed by atoms with Gasteiger partial charge in [0.2, 0.25) is 5.91 Å². The summed E-state index contributed by atoms with van der Waals surface area (Å²) < 4.78 is 0. The van der Waals surface area contributed by atoms with Crippen molar-refractivity contribution in [1.29, 1.82) is 0 Å². The van der Waals surface area contributed by atoms with Gasteiger partial charge in [0.25, 0.3) is 5.91 Å². The molecule has 0 radical (unpaired) electrons. The lowest BCUT2D eigenvalue weighted by Gasteiger charge is -2.24. The highest BCUT2D eigenvalue weighted by atomic mass is 35.5. The molecule has 1 aromatic carbocycles. The van der Waals surface area contributed by atoms with Gasteiger partial charge in [-0.2, -0.15) is 0 Å². The van der Waals surface area contributed by atoms with Crippen molar-refractivity contribution in [1.82, 2.24) is 10.2 Å². The zero-order valence-corrected chi connectivity index (χ0v) is 15.7. The Morgan fingerprint density at radius 2 is 2.08 bits per heavy atom. The van der Waals surface area contributed by atoms with E-state index >= 15 is 0 Å². The Morgan fingerprint density at radius 1 is 1.38 bits per heavy atom. The van der Waals surface area contributed by atoms with Crippen LogP contribution in [0.3, 0.4) is 0 Å². The monoisotopic (exact) mass is 353 g/mol. The summed E-state index contributed by atoms with van der Waals surface area (Å²) in [6, 6.07) is 5.72. The van der Waals surface area contributed by atoms with Crippen LogP contribution in [0.15, 0.2) is 18.2 Å². The lowest BCUT2D eigenvalue weighted by atomic mass is 10.1. The highest BCUT2D eigenvalue weighted by Gasteiger charge is 2.24. The molecule has 0 aliphatic carbocycles. The molecule has 1 unspecified atom stereocenters. The van der Waals surface area contributed by atoms with E-state index in [2.05, 4.69) is 10.6 Å². The van der Waals surface area contributed by atoms with Gasteiger partial charge in [0.15, 0.2) is 0 Å². The zero-order valence-electron chi connectivity index (χ0n) is 14.9. The van der Waals surface area contributed by atoms with E-state index < -0.39 is 0 Å². The summed E-state index contributed by atoms with van der Waals surface area (Å²) in [4.78, 5) is 26.3.